The SMILES string of the molecule is CC[C@H](C(=O)NC1CCCCC1)N(Cc1c(Cl)cccc1Cl)C(=O)CCCN(c1cccc(C)c1)S(C)(=O)=O. The van der Waals surface area contributed by atoms with Gasteiger partial charge in [-0.2, -0.15) is 0 Å². The van der Waals surface area contributed by atoms with E-state index in [-0.39, 0.29) is 43.8 Å². The lowest BCUT2D eigenvalue weighted by molar-refractivity contribution is -0.141. The van der Waals surface area contributed by atoms with Crippen molar-refractivity contribution >= 4 is 50.7 Å². The van der Waals surface area contributed by atoms with Crippen molar-refractivity contribution < 1.29 is 18.0 Å². The number of carbonyl (C=O) groups excluding carboxylic acids is 2. The average molecular weight is 597 g/mol. The summed E-state index contributed by atoms with van der Waals surface area (Å²) in [6.07, 6.45) is 7.14. The van der Waals surface area contributed by atoms with E-state index < -0.39 is 16.1 Å². The smallest absolute Gasteiger partial charge is 0.243 e. The molecule has 2 aromatic carbocycles. The number of nitrogens with zero attached hydrogens (tertiary/aromatic N) is 2. The number of aryl methyl sites for hydroxylation is 1. The van der Waals surface area contributed by atoms with Crippen molar-refractivity contribution in [1.29, 1.82) is 0 Å². The summed E-state index contributed by atoms with van der Waals surface area (Å²) in [5.41, 5.74) is 2.08. The highest BCUT2D eigenvalue weighted by Gasteiger charge is 2.31. The molecule has 7 nitrogen and oxygen atoms in total. The Morgan fingerprint density at radius 1 is 1.05 bits per heavy atom. The van der Waals surface area contributed by atoms with Gasteiger partial charge >= 0.3 is 0 Å². The molecule has 0 aromatic heterocycles. The molecule has 0 saturated heterocycles. The summed E-state index contributed by atoms with van der Waals surface area (Å²) in [5.74, 6) is -0.437. The Balaban J connectivity index is 1.80. The molecule has 0 spiro atoms. The molecule has 2 aromatic rings. The highest BCUT2D eigenvalue weighted by Crippen LogP contribution is 2.28. The van der Waals surface area contributed by atoms with Crippen LogP contribution in [0.3, 0.4) is 0 Å². The number of nitrogens with one attached hydrogen (secondary N) is 1. The first-order chi connectivity index (χ1) is 18.5. The third-order valence-electron chi connectivity index (χ3n) is 7.17. The van der Waals surface area contributed by atoms with Crippen molar-refractivity contribution in [2.24, 2.45) is 0 Å². The van der Waals surface area contributed by atoms with Crippen LogP contribution in [0.25, 0.3) is 0 Å². The van der Waals surface area contributed by atoms with Crippen molar-refractivity contribution in [1.82, 2.24) is 10.2 Å². The first kappa shape index (κ1) is 31.2. The van der Waals surface area contributed by atoms with Crippen LogP contribution in [-0.4, -0.2) is 50.0 Å². The predicted octanol–water partition coefficient (Wildman–Crippen LogP) is 6.10. The molecule has 1 saturated carbocycles. The molecular weight excluding hydrogens is 557 g/mol. The Kier molecular flexibility index (Phi) is 11.5. The van der Waals surface area contributed by atoms with Gasteiger partial charge in [-0.25, -0.2) is 8.42 Å². The fourth-order valence-corrected chi connectivity index (χ4v) is 6.58. The summed E-state index contributed by atoms with van der Waals surface area (Å²) in [6, 6.07) is 11.8. The fraction of sp³-hybridized carbons (Fsp3) is 0.517. The van der Waals surface area contributed by atoms with Gasteiger partial charge in [0.25, 0.3) is 0 Å². The highest BCUT2D eigenvalue weighted by molar-refractivity contribution is 7.92. The molecule has 3 rings (SSSR count). The first-order valence-corrected chi connectivity index (χ1v) is 16.2. The van der Waals surface area contributed by atoms with E-state index >= 15 is 0 Å². The number of amides is 2. The summed E-state index contributed by atoms with van der Waals surface area (Å²) in [7, 11) is -3.55. The molecule has 0 unspecified atom stereocenters. The molecule has 0 radical (unpaired) electrons. The zero-order valence-corrected chi connectivity index (χ0v) is 25.3. The molecule has 1 N–H and O–H groups in total. The number of sulfonamides is 1. The number of rotatable bonds is 12. The van der Waals surface area contributed by atoms with Crippen LogP contribution in [0, 0.1) is 6.92 Å². The molecule has 1 fully saturated rings. The summed E-state index contributed by atoms with van der Waals surface area (Å²) >= 11 is 12.9. The van der Waals surface area contributed by atoms with Gasteiger partial charge in [0.15, 0.2) is 0 Å². The molecule has 10 heteroatoms. The van der Waals surface area contributed by atoms with Crippen LogP contribution in [-0.2, 0) is 26.2 Å². The maximum atomic E-state index is 13.7. The number of hydrogen-bond acceptors (Lipinski definition) is 4. The number of anilines is 1. The van der Waals surface area contributed by atoms with Crippen LogP contribution < -0.4 is 9.62 Å². The van der Waals surface area contributed by atoms with E-state index in [2.05, 4.69) is 5.32 Å². The number of halogens is 2. The molecule has 2 amide bonds. The zero-order valence-electron chi connectivity index (χ0n) is 23.0. The second kappa shape index (κ2) is 14.4. The minimum Gasteiger partial charge on any atom is -0.352 e. The monoisotopic (exact) mass is 595 g/mol. The predicted molar refractivity (Wildman–Crippen MR) is 159 cm³/mol. The summed E-state index contributed by atoms with van der Waals surface area (Å²) < 4.78 is 26.4. The average Bonchev–Trinajstić information content (AvgIpc) is 2.88. The second-order valence-electron chi connectivity index (χ2n) is 10.3. The highest BCUT2D eigenvalue weighted by atomic mass is 35.5. The van der Waals surface area contributed by atoms with Crippen LogP contribution >= 0.6 is 23.2 Å². The molecule has 1 aliphatic carbocycles. The normalized spacial score (nSPS) is 15.0. The van der Waals surface area contributed by atoms with Gasteiger partial charge in [-0.1, -0.05) is 67.6 Å². The lowest BCUT2D eigenvalue weighted by atomic mass is 9.95. The van der Waals surface area contributed by atoms with Gasteiger partial charge in [0.1, 0.15) is 6.04 Å². The Hall–Kier alpha value is -2.29. The maximum absolute atomic E-state index is 13.7. The molecule has 1 atom stereocenters. The fourth-order valence-electron chi connectivity index (χ4n) is 5.10. The van der Waals surface area contributed by atoms with Crippen molar-refractivity contribution in [2.45, 2.75) is 83.8 Å². The third-order valence-corrected chi connectivity index (χ3v) is 9.07. The molecular formula is C29H39Cl2N3O4S. The molecule has 39 heavy (non-hydrogen) atoms. The van der Waals surface area contributed by atoms with Crippen LogP contribution in [0.2, 0.25) is 10.0 Å². The van der Waals surface area contributed by atoms with E-state index in [4.69, 9.17) is 23.2 Å². The molecule has 0 bridgehead atoms. The van der Waals surface area contributed by atoms with Crippen molar-refractivity contribution in [3.63, 3.8) is 0 Å². The van der Waals surface area contributed by atoms with E-state index in [1.54, 1.807) is 41.3 Å². The summed E-state index contributed by atoms with van der Waals surface area (Å²) in [6.45, 7) is 4.00. The van der Waals surface area contributed by atoms with Gasteiger partial charge in [-0.3, -0.25) is 13.9 Å². The van der Waals surface area contributed by atoms with E-state index in [9.17, 15) is 18.0 Å². The molecule has 0 heterocycles. The summed E-state index contributed by atoms with van der Waals surface area (Å²) in [5, 5.41) is 4.00. The molecule has 214 valence electrons. The van der Waals surface area contributed by atoms with Gasteiger partial charge in [-0.05, 0) is 62.4 Å². The van der Waals surface area contributed by atoms with Gasteiger partial charge in [-0.15, -0.1) is 0 Å². The minimum atomic E-state index is -3.55. The van der Waals surface area contributed by atoms with E-state index in [0.29, 0.717) is 27.7 Å². The Morgan fingerprint density at radius 3 is 2.28 bits per heavy atom. The van der Waals surface area contributed by atoms with E-state index in [0.717, 1.165) is 37.5 Å². The van der Waals surface area contributed by atoms with Crippen molar-refractivity contribution in [2.75, 3.05) is 17.1 Å². The van der Waals surface area contributed by atoms with Crippen molar-refractivity contribution in [3.8, 4) is 0 Å². The number of carbonyl (C=O) groups is 2. The first-order valence-electron chi connectivity index (χ1n) is 13.6. The summed E-state index contributed by atoms with van der Waals surface area (Å²) in [4.78, 5) is 28.6. The minimum absolute atomic E-state index is 0.0626. The lowest BCUT2D eigenvalue weighted by Gasteiger charge is -2.33. The third kappa shape index (κ3) is 8.85. The van der Waals surface area contributed by atoms with E-state index in [1.807, 2.05) is 19.9 Å². The molecule has 0 aliphatic heterocycles. The number of benzene rings is 2. The van der Waals surface area contributed by atoms with E-state index in [1.165, 1.54) is 10.7 Å². The number of hydrogen-bond donors (Lipinski definition) is 1. The Bertz CT molecular complexity index is 1230. The maximum Gasteiger partial charge on any atom is 0.243 e. The lowest BCUT2D eigenvalue weighted by Crippen LogP contribution is -2.51. The molecule has 1 aliphatic rings. The van der Waals surface area contributed by atoms with Crippen molar-refractivity contribution in [3.05, 3.63) is 63.6 Å². The largest absolute Gasteiger partial charge is 0.352 e. The second-order valence-corrected chi connectivity index (χ2v) is 13.0. The topological polar surface area (TPSA) is 86.8 Å². The van der Waals surface area contributed by atoms with Gasteiger partial charge < -0.3 is 10.2 Å². The van der Waals surface area contributed by atoms with Crippen LogP contribution in [0.15, 0.2) is 42.5 Å². The van der Waals surface area contributed by atoms with Crippen LogP contribution in [0.4, 0.5) is 5.69 Å². The Morgan fingerprint density at radius 2 is 1.69 bits per heavy atom. The quantitative estimate of drug-likeness (QED) is 0.321. The Labute approximate surface area is 242 Å². The zero-order chi connectivity index (χ0) is 28.6. The van der Waals surface area contributed by atoms with Gasteiger partial charge in [0.2, 0.25) is 21.8 Å². The van der Waals surface area contributed by atoms with Gasteiger partial charge in [0, 0.05) is 41.2 Å². The van der Waals surface area contributed by atoms with Crippen LogP contribution in [0.1, 0.15) is 69.4 Å². The van der Waals surface area contributed by atoms with Gasteiger partial charge in [0.05, 0.1) is 11.9 Å². The standard InChI is InChI=1S/C29H39Cl2N3O4S/c1-4-27(29(36)32-22-12-6-5-7-13-22)33(20-24-25(30)15-9-16-26(24)31)28(35)17-10-18-34(39(3,37)38)23-14-8-11-21(2)19-23/h8-9,11,14-16,19,22,27H,4-7,10,12-13,17-18,20H2,1-3H3,(H,32,36)/t27-/m1/s1. The van der Waals surface area contributed by atoms with Crippen LogP contribution in [0.5, 0.6) is 0 Å².